The van der Waals surface area contributed by atoms with Crippen molar-refractivity contribution in [1.29, 1.82) is 5.26 Å². The van der Waals surface area contributed by atoms with Crippen molar-refractivity contribution >= 4 is 62.3 Å². The van der Waals surface area contributed by atoms with Crippen LogP contribution in [-0.2, 0) is 41.5 Å². The zero-order chi connectivity index (χ0) is 43.0. The van der Waals surface area contributed by atoms with Crippen molar-refractivity contribution in [3.63, 3.8) is 0 Å². The van der Waals surface area contributed by atoms with Crippen molar-refractivity contribution in [3.8, 4) is 6.07 Å². The number of fused-ring (bicyclic) bond motifs is 5. The summed E-state index contributed by atoms with van der Waals surface area (Å²) in [5, 5.41) is 14.4. The lowest BCUT2D eigenvalue weighted by molar-refractivity contribution is -0.119. The van der Waals surface area contributed by atoms with E-state index in [2.05, 4.69) is 40.5 Å². The molecular formula is C34H35F2N11O12P2. The van der Waals surface area contributed by atoms with Crippen molar-refractivity contribution in [3.05, 3.63) is 65.2 Å². The molecule has 3 aliphatic rings. The summed E-state index contributed by atoms with van der Waals surface area (Å²) in [6.07, 6.45) is -12.0. The number of amides is 2. The number of phosphoric ester groups is 1. The number of nitrogens with one attached hydrogen (secondary N) is 3. The van der Waals surface area contributed by atoms with Crippen LogP contribution < -0.4 is 16.2 Å². The lowest BCUT2D eigenvalue weighted by Crippen LogP contribution is -2.36. The maximum absolute atomic E-state index is 17.4. The molecule has 322 valence electrons. The zero-order valence-electron chi connectivity index (χ0n) is 31.8. The molecule has 23 nitrogen and oxygen atoms in total. The number of aromatic nitrogens is 8. The average Bonchev–Trinajstić information content (AvgIpc) is 4.02. The standard InChI is InChI=1S/C34H35F2N11O12P2/c1-16(2)29(48)44-34-43-28-22(31(50)45-34)41-15-47(28)32-25-20(36)24(56-32)33(46-14-40-21-26(38-13-39-27(21)46)42-30(49)17-7-4-3-5-8-17)59-61(52,55-10-6-9-37)58-23-18(35)11-53-19(23)12-54-60(51)57-25/h3-5,7-8,13-16,18-20,23-25,32-33,51H,6,10-12H2,1-2H3,(H,38,39,42,49)(H2,43,44,45,48,50)/t18-,19+,20+,23-,24-,25+,32+,33?,60?,61?/m0/s1. The van der Waals surface area contributed by atoms with Crippen LogP contribution in [0, 0.1) is 17.2 Å². The number of H-pyrrole nitrogens is 1. The molecule has 8 rings (SSSR count). The monoisotopic (exact) mass is 889 g/mol. The van der Waals surface area contributed by atoms with Gasteiger partial charge in [-0.05, 0) is 12.1 Å². The summed E-state index contributed by atoms with van der Waals surface area (Å²) in [7, 11) is -8.17. The van der Waals surface area contributed by atoms with Gasteiger partial charge in [0.2, 0.25) is 11.9 Å². The molecule has 2 amide bonds. The summed E-state index contributed by atoms with van der Waals surface area (Å²) in [6.45, 7) is 1.50. The molecule has 27 heteroatoms. The third-order valence-corrected chi connectivity index (χ3v) is 11.8. The first-order valence-corrected chi connectivity index (χ1v) is 21.1. The first-order chi connectivity index (χ1) is 29.3. The van der Waals surface area contributed by atoms with Crippen LogP contribution in [-0.4, -0.2) is 112 Å². The molecule has 5 aromatic rings. The molecule has 7 heterocycles. The summed E-state index contributed by atoms with van der Waals surface area (Å²) < 4.78 is 90.0. The Kier molecular flexibility index (Phi) is 12.3. The van der Waals surface area contributed by atoms with Gasteiger partial charge >= 0.3 is 16.4 Å². The number of nitrogens with zero attached hydrogens (tertiary/aromatic N) is 8. The van der Waals surface area contributed by atoms with Gasteiger partial charge in [0.05, 0.1) is 45.0 Å². The number of alkyl halides is 2. The van der Waals surface area contributed by atoms with Crippen LogP contribution in [0.4, 0.5) is 20.5 Å². The van der Waals surface area contributed by atoms with Gasteiger partial charge in [-0.25, -0.2) is 33.3 Å². The Labute approximate surface area is 343 Å². The molecule has 0 spiro atoms. The van der Waals surface area contributed by atoms with Gasteiger partial charge in [0, 0.05) is 11.5 Å². The Morgan fingerprint density at radius 3 is 2.54 bits per heavy atom. The van der Waals surface area contributed by atoms with Crippen LogP contribution in [0.15, 0.2) is 54.1 Å². The van der Waals surface area contributed by atoms with E-state index in [9.17, 15) is 29.1 Å². The number of carbonyl (C=O) groups excluding carboxylic acids is 2. The molecule has 61 heavy (non-hydrogen) atoms. The topological polar surface area (TPSA) is 291 Å². The van der Waals surface area contributed by atoms with Gasteiger partial charge in [0.25, 0.3) is 11.5 Å². The summed E-state index contributed by atoms with van der Waals surface area (Å²) in [5.41, 5.74) is -1.18. The van der Waals surface area contributed by atoms with E-state index in [0.717, 1.165) is 28.1 Å². The number of aromatic amines is 1. The van der Waals surface area contributed by atoms with Gasteiger partial charge in [-0.15, -0.1) is 0 Å². The highest BCUT2D eigenvalue weighted by molar-refractivity contribution is 7.48. The molecule has 0 aliphatic carbocycles. The van der Waals surface area contributed by atoms with Crippen molar-refractivity contribution in [1.82, 2.24) is 39.0 Å². The minimum absolute atomic E-state index is 0.0578. The molecule has 3 saturated heterocycles. The normalized spacial score (nSPS) is 29.4. The number of rotatable bonds is 9. The first kappa shape index (κ1) is 42.4. The number of halogens is 2. The van der Waals surface area contributed by atoms with Crippen LogP contribution in [0.25, 0.3) is 22.3 Å². The van der Waals surface area contributed by atoms with Crippen molar-refractivity contribution < 1.29 is 59.9 Å². The SMILES string of the molecule is CC(C)C(=O)Nc1nc2c(ncn2[C@@H]2O[C@@H]3C(n4cnc5c(NC(=O)c6ccccc6)ncnc54)OP(=O)(OCCC#N)O[C@H]4[C@@H](F)CO[C@@H]4COP(O)O[C@@H]2[C@@H]3F)c(=O)[nH]1. The van der Waals surface area contributed by atoms with E-state index in [0.29, 0.717) is 0 Å². The zero-order valence-corrected chi connectivity index (χ0v) is 33.6. The first-order valence-electron chi connectivity index (χ1n) is 18.5. The predicted octanol–water partition coefficient (Wildman–Crippen LogP) is 3.35. The maximum Gasteiger partial charge on any atom is 0.477 e. The van der Waals surface area contributed by atoms with Crippen LogP contribution >= 0.6 is 16.4 Å². The Hall–Kier alpha value is -5.25. The fourth-order valence-corrected chi connectivity index (χ4v) is 8.88. The number of imidazole rings is 2. The van der Waals surface area contributed by atoms with Crippen LogP contribution in [0.5, 0.6) is 0 Å². The second kappa shape index (κ2) is 17.6. The Morgan fingerprint density at radius 1 is 1.03 bits per heavy atom. The molecule has 3 fully saturated rings. The Balaban J connectivity index is 1.25. The van der Waals surface area contributed by atoms with E-state index >= 15 is 8.78 Å². The number of nitriles is 1. The van der Waals surface area contributed by atoms with Gasteiger partial charge < -0.3 is 28.7 Å². The summed E-state index contributed by atoms with van der Waals surface area (Å²) >= 11 is 0. The number of benzene rings is 1. The van der Waals surface area contributed by atoms with Crippen molar-refractivity contribution in [2.45, 2.75) is 69.5 Å². The smallest absolute Gasteiger partial charge is 0.370 e. The highest BCUT2D eigenvalue weighted by Gasteiger charge is 2.56. The van der Waals surface area contributed by atoms with Gasteiger partial charge in [-0.1, -0.05) is 32.0 Å². The van der Waals surface area contributed by atoms with E-state index in [1.165, 1.54) is 0 Å². The molecule has 2 bridgehead atoms. The molecule has 1 aromatic carbocycles. The Morgan fingerprint density at radius 2 is 1.79 bits per heavy atom. The molecule has 4 N–H and O–H groups in total. The van der Waals surface area contributed by atoms with Crippen molar-refractivity contribution in [2.24, 2.45) is 5.92 Å². The minimum Gasteiger partial charge on any atom is -0.370 e. The second-order valence-electron chi connectivity index (χ2n) is 13.9. The number of hydrogen-bond acceptors (Lipinski definition) is 18. The highest BCUT2D eigenvalue weighted by Crippen LogP contribution is 2.58. The van der Waals surface area contributed by atoms with Gasteiger partial charge in [0.1, 0.15) is 30.7 Å². The van der Waals surface area contributed by atoms with E-state index in [1.807, 2.05) is 6.07 Å². The van der Waals surface area contributed by atoms with Gasteiger partial charge in [0.15, 0.2) is 52.9 Å². The molecule has 4 aromatic heterocycles. The number of carbonyl (C=O) groups is 2. The number of ether oxygens (including phenoxy) is 2. The average molecular weight is 890 g/mol. The fraction of sp³-hybridized carbons (Fsp3) is 0.441. The highest BCUT2D eigenvalue weighted by atomic mass is 31.2. The minimum atomic E-state index is -5.14. The van der Waals surface area contributed by atoms with Crippen LogP contribution in [0.3, 0.4) is 0 Å². The molecule has 3 unspecified atom stereocenters. The molecule has 0 saturated carbocycles. The number of anilines is 2. The largest absolute Gasteiger partial charge is 0.477 e. The summed E-state index contributed by atoms with van der Waals surface area (Å²) in [4.78, 5) is 73.4. The summed E-state index contributed by atoms with van der Waals surface area (Å²) in [6, 6.07) is 9.98. The number of phosphoric acid groups is 1. The molecular weight excluding hydrogens is 854 g/mol. The van der Waals surface area contributed by atoms with E-state index < -0.39 is 109 Å². The van der Waals surface area contributed by atoms with Crippen molar-refractivity contribution in [2.75, 3.05) is 30.5 Å². The predicted molar refractivity (Wildman–Crippen MR) is 204 cm³/mol. The van der Waals surface area contributed by atoms with E-state index in [4.69, 9.17) is 32.1 Å². The van der Waals surface area contributed by atoms with E-state index in [1.54, 1.807) is 44.2 Å². The third kappa shape index (κ3) is 8.64. The van der Waals surface area contributed by atoms with Gasteiger partial charge in [-0.3, -0.25) is 47.4 Å². The van der Waals surface area contributed by atoms with Crippen LogP contribution in [0.1, 0.15) is 43.1 Å². The maximum atomic E-state index is 17.4. The summed E-state index contributed by atoms with van der Waals surface area (Å²) in [5.74, 6) is -1.93. The van der Waals surface area contributed by atoms with E-state index in [-0.39, 0.29) is 46.1 Å². The Bertz CT molecular complexity index is 2580. The van der Waals surface area contributed by atoms with Crippen LogP contribution in [0.2, 0.25) is 0 Å². The lowest BCUT2D eigenvalue weighted by atomic mass is 10.1. The van der Waals surface area contributed by atoms with Gasteiger partial charge in [-0.2, -0.15) is 10.2 Å². The second-order valence-corrected chi connectivity index (χ2v) is 16.4. The molecule has 10 atom stereocenters. The third-order valence-electron chi connectivity index (χ3n) is 9.56. The lowest BCUT2D eigenvalue weighted by Gasteiger charge is -2.31. The number of hydrogen-bond donors (Lipinski definition) is 4. The molecule has 3 aliphatic heterocycles. The quantitative estimate of drug-likeness (QED) is 0.122. The molecule has 0 radical (unpaired) electrons. The fourth-order valence-electron chi connectivity index (χ4n) is 6.57.